The second-order valence-corrected chi connectivity index (χ2v) is 11.0. The molecule has 4 rings (SSSR count). The summed E-state index contributed by atoms with van der Waals surface area (Å²) in [7, 11) is 1.74. The Bertz CT molecular complexity index is 1110. The van der Waals surface area contributed by atoms with Gasteiger partial charge in [0, 0.05) is 12.6 Å². The number of benzene rings is 2. The maximum absolute atomic E-state index is 13.9. The fourth-order valence-electron chi connectivity index (χ4n) is 5.74. The molecule has 0 bridgehead atoms. The fourth-order valence-corrected chi connectivity index (χ4v) is 5.74. The zero-order valence-electron chi connectivity index (χ0n) is 20.6. The molecule has 34 heavy (non-hydrogen) atoms. The number of fused-ring (bicyclic) bond motifs is 3. The molecule has 2 aromatic carbocycles. The molecule has 1 heterocycles. The van der Waals surface area contributed by atoms with Crippen molar-refractivity contribution < 1.29 is 14.4 Å². The molecule has 0 radical (unpaired) electrons. The Labute approximate surface area is 201 Å². The highest BCUT2D eigenvalue weighted by Gasteiger charge is 2.51. The van der Waals surface area contributed by atoms with E-state index in [0.717, 1.165) is 35.2 Å². The number of nitrogens with zero attached hydrogens (tertiary/aromatic N) is 1. The first kappa shape index (κ1) is 24.0. The summed E-state index contributed by atoms with van der Waals surface area (Å²) in [4.78, 5) is 42.0. The van der Waals surface area contributed by atoms with Crippen molar-refractivity contribution in [1.29, 1.82) is 0 Å². The van der Waals surface area contributed by atoms with E-state index in [0.29, 0.717) is 19.3 Å². The van der Waals surface area contributed by atoms with Gasteiger partial charge >= 0.3 is 0 Å². The summed E-state index contributed by atoms with van der Waals surface area (Å²) in [5, 5.41) is 3.07. The Balaban J connectivity index is 1.76. The molecule has 6 nitrogen and oxygen atoms in total. The van der Waals surface area contributed by atoms with Crippen molar-refractivity contribution in [3.05, 3.63) is 54.1 Å². The quantitative estimate of drug-likeness (QED) is 0.682. The number of amides is 3. The van der Waals surface area contributed by atoms with E-state index < -0.39 is 23.3 Å². The van der Waals surface area contributed by atoms with E-state index in [1.165, 1.54) is 0 Å². The first-order valence-electron chi connectivity index (χ1n) is 12.1. The topological polar surface area (TPSA) is 92.5 Å². The predicted octanol–water partition coefficient (Wildman–Crippen LogP) is 4.59. The molecule has 1 unspecified atom stereocenters. The molecule has 1 aliphatic carbocycles. The number of hydrogen-bond donors (Lipinski definition) is 2. The molecule has 6 heteroatoms. The van der Waals surface area contributed by atoms with Crippen molar-refractivity contribution in [1.82, 2.24) is 5.32 Å². The van der Waals surface area contributed by atoms with Crippen LogP contribution in [0.5, 0.6) is 0 Å². The third-order valence-electron chi connectivity index (χ3n) is 7.48. The van der Waals surface area contributed by atoms with E-state index in [1.54, 1.807) is 11.9 Å². The summed E-state index contributed by atoms with van der Waals surface area (Å²) in [5.74, 6) is -1.49. The van der Waals surface area contributed by atoms with Crippen molar-refractivity contribution in [2.75, 3.05) is 11.9 Å². The first-order chi connectivity index (χ1) is 16.0. The number of nitrogens with one attached hydrogen (secondary N) is 1. The van der Waals surface area contributed by atoms with Gasteiger partial charge in [0.1, 0.15) is 6.04 Å². The molecular formula is C28H35N3O3. The van der Waals surface area contributed by atoms with Gasteiger partial charge < -0.3 is 16.0 Å². The Kier molecular flexibility index (Phi) is 6.28. The lowest BCUT2D eigenvalue weighted by Gasteiger charge is -2.38. The lowest BCUT2D eigenvalue weighted by molar-refractivity contribution is -0.143. The van der Waals surface area contributed by atoms with Crippen LogP contribution in [-0.2, 0) is 14.4 Å². The Hall–Kier alpha value is -3.15. The summed E-state index contributed by atoms with van der Waals surface area (Å²) in [6.07, 6.45) is 3.48. The molecule has 3 amide bonds. The largest absolute Gasteiger partial charge is 0.369 e. The SMILES string of the molecule is CN1C(=O)C(NC(=O)[C@H](CC(C)(C)C)C2(C(N)=O)CCCC2)c2ccccc2-c2ccccc21. The van der Waals surface area contributed by atoms with E-state index in [-0.39, 0.29) is 17.2 Å². The van der Waals surface area contributed by atoms with Crippen LogP contribution in [0.15, 0.2) is 48.5 Å². The second-order valence-electron chi connectivity index (χ2n) is 11.0. The molecular weight excluding hydrogens is 426 g/mol. The standard InChI is InChI=1S/C28H35N3O3/c1-27(2,3)17-21(28(26(29)34)15-9-10-16-28)24(32)30-23-20-13-6-5-11-18(20)19-12-7-8-14-22(19)31(4)25(23)33/h5-8,11-14,21,23H,9-10,15-17H2,1-4H3,(H2,29,34)(H,30,32)/t21-,23?/m0/s1. The third-order valence-corrected chi connectivity index (χ3v) is 7.48. The normalized spacial score (nSPS) is 20.2. The van der Waals surface area contributed by atoms with E-state index in [4.69, 9.17) is 5.73 Å². The minimum Gasteiger partial charge on any atom is -0.369 e. The molecule has 2 atom stereocenters. The number of primary amides is 1. The number of hydrogen-bond acceptors (Lipinski definition) is 3. The molecule has 1 saturated carbocycles. The molecule has 3 N–H and O–H groups in total. The number of nitrogens with two attached hydrogens (primary N) is 1. The minimum atomic E-state index is -0.875. The molecule has 0 aromatic heterocycles. The molecule has 1 aliphatic heterocycles. The van der Waals surface area contributed by atoms with Gasteiger partial charge in [-0.1, -0.05) is 76.1 Å². The van der Waals surface area contributed by atoms with Crippen LogP contribution in [0.1, 0.15) is 64.5 Å². The fraction of sp³-hybridized carbons (Fsp3) is 0.464. The van der Waals surface area contributed by atoms with E-state index in [9.17, 15) is 14.4 Å². The van der Waals surface area contributed by atoms with Crippen LogP contribution < -0.4 is 16.0 Å². The van der Waals surface area contributed by atoms with Crippen molar-refractivity contribution in [2.45, 2.75) is 58.9 Å². The van der Waals surface area contributed by atoms with E-state index in [1.807, 2.05) is 48.5 Å². The van der Waals surface area contributed by atoms with Gasteiger partial charge in [-0.3, -0.25) is 14.4 Å². The summed E-state index contributed by atoms with van der Waals surface area (Å²) in [6, 6.07) is 14.6. The van der Waals surface area contributed by atoms with Gasteiger partial charge in [0.25, 0.3) is 5.91 Å². The molecule has 1 fully saturated rings. The highest BCUT2D eigenvalue weighted by atomic mass is 16.2. The lowest BCUT2D eigenvalue weighted by Crippen LogP contribution is -2.51. The maximum Gasteiger partial charge on any atom is 0.253 e. The predicted molar refractivity (Wildman–Crippen MR) is 134 cm³/mol. The Morgan fingerprint density at radius 2 is 1.65 bits per heavy atom. The van der Waals surface area contributed by atoms with Gasteiger partial charge in [0.2, 0.25) is 11.8 Å². The van der Waals surface area contributed by atoms with Crippen molar-refractivity contribution >= 4 is 23.4 Å². The maximum atomic E-state index is 13.9. The zero-order chi connectivity index (χ0) is 24.7. The summed E-state index contributed by atoms with van der Waals surface area (Å²) in [6.45, 7) is 6.19. The third kappa shape index (κ3) is 4.22. The van der Waals surface area contributed by atoms with E-state index >= 15 is 0 Å². The number of para-hydroxylation sites is 1. The number of likely N-dealkylation sites (N-methyl/N-ethyl adjacent to an activating group) is 1. The van der Waals surface area contributed by atoms with Crippen LogP contribution >= 0.6 is 0 Å². The molecule has 2 aliphatic rings. The Morgan fingerprint density at radius 3 is 2.26 bits per heavy atom. The molecule has 180 valence electrons. The number of anilines is 1. The van der Waals surface area contributed by atoms with Crippen LogP contribution in [-0.4, -0.2) is 24.8 Å². The van der Waals surface area contributed by atoms with Gasteiger partial charge in [-0.2, -0.15) is 0 Å². The molecule has 0 saturated heterocycles. The van der Waals surface area contributed by atoms with Crippen molar-refractivity contribution in [3.8, 4) is 11.1 Å². The second kappa shape index (κ2) is 8.90. The summed E-state index contributed by atoms with van der Waals surface area (Å²) < 4.78 is 0. The van der Waals surface area contributed by atoms with Crippen molar-refractivity contribution in [2.24, 2.45) is 22.5 Å². The Morgan fingerprint density at radius 1 is 1.06 bits per heavy atom. The average molecular weight is 462 g/mol. The van der Waals surface area contributed by atoms with Crippen LogP contribution in [0, 0.1) is 16.7 Å². The van der Waals surface area contributed by atoms with E-state index in [2.05, 4.69) is 26.1 Å². The first-order valence-corrected chi connectivity index (χ1v) is 12.1. The molecule has 2 aromatic rings. The smallest absolute Gasteiger partial charge is 0.253 e. The number of carbonyl (C=O) groups excluding carboxylic acids is 3. The highest BCUT2D eigenvalue weighted by Crippen LogP contribution is 2.49. The van der Waals surface area contributed by atoms with Crippen LogP contribution in [0.2, 0.25) is 0 Å². The summed E-state index contributed by atoms with van der Waals surface area (Å²) >= 11 is 0. The van der Waals surface area contributed by atoms with Gasteiger partial charge in [-0.05, 0) is 41.9 Å². The highest BCUT2D eigenvalue weighted by molar-refractivity contribution is 6.06. The lowest BCUT2D eigenvalue weighted by atomic mass is 9.66. The van der Waals surface area contributed by atoms with Gasteiger partial charge in [0.15, 0.2) is 0 Å². The molecule has 0 spiro atoms. The average Bonchev–Trinajstić information content (AvgIpc) is 3.28. The van der Waals surface area contributed by atoms with Gasteiger partial charge in [0.05, 0.1) is 17.0 Å². The minimum absolute atomic E-state index is 0.189. The van der Waals surface area contributed by atoms with Crippen LogP contribution in [0.4, 0.5) is 5.69 Å². The van der Waals surface area contributed by atoms with Crippen molar-refractivity contribution in [3.63, 3.8) is 0 Å². The van der Waals surface area contributed by atoms with Crippen LogP contribution in [0.25, 0.3) is 11.1 Å². The zero-order valence-corrected chi connectivity index (χ0v) is 20.6. The van der Waals surface area contributed by atoms with Crippen LogP contribution in [0.3, 0.4) is 0 Å². The summed E-state index contributed by atoms with van der Waals surface area (Å²) in [5.41, 5.74) is 8.29. The number of rotatable bonds is 5. The number of carbonyl (C=O) groups is 3. The van der Waals surface area contributed by atoms with Gasteiger partial charge in [-0.15, -0.1) is 0 Å². The monoisotopic (exact) mass is 461 g/mol. The van der Waals surface area contributed by atoms with Gasteiger partial charge in [-0.25, -0.2) is 0 Å².